The van der Waals surface area contributed by atoms with E-state index >= 15 is 0 Å². The van der Waals surface area contributed by atoms with Gasteiger partial charge in [0.1, 0.15) is 12.2 Å². The second-order valence-electron chi connectivity index (χ2n) is 8.79. The molecule has 2 aromatic carbocycles. The number of esters is 1. The van der Waals surface area contributed by atoms with Crippen molar-refractivity contribution in [1.29, 1.82) is 0 Å². The number of Topliss-reactive ketones (excluding diaryl/α,β-unsaturated/α-hetero) is 1. The van der Waals surface area contributed by atoms with E-state index in [2.05, 4.69) is 74.0 Å². The molecule has 3 rings (SSSR count). The molecule has 2 aromatic rings. The molecule has 0 radical (unpaired) electrons. The van der Waals surface area contributed by atoms with Crippen molar-refractivity contribution in [3.05, 3.63) is 60.7 Å². The molecule has 4 nitrogen and oxygen atoms in total. The van der Waals surface area contributed by atoms with Gasteiger partial charge >= 0.3 is 5.97 Å². The molecule has 154 valence electrons. The maximum absolute atomic E-state index is 12.3. The maximum Gasteiger partial charge on any atom is 0.313 e. The summed E-state index contributed by atoms with van der Waals surface area (Å²) in [6, 6.07) is 21.0. The van der Waals surface area contributed by atoms with Gasteiger partial charge in [-0.15, -0.1) is 0 Å². The third-order valence-corrected chi connectivity index (χ3v) is 10.9. The fourth-order valence-electron chi connectivity index (χ4n) is 4.22. The smallest absolute Gasteiger partial charge is 0.313 e. The van der Waals surface area contributed by atoms with Crippen molar-refractivity contribution in [2.45, 2.75) is 51.2 Å². The summed E-state index contributed by atoms with van der Waals surface area (Å²) in [6.45, 7) is 6.74. The molecular weight excluding hydrogens is 380 g/mol. The zero-order valence-electron chi connectivity index (χ0n) is 17.7. The van der Waals surface area contributed by atoms with Crippen LogP contribution in [-0.2, 0) is 18.8 Å². The summed E-state index contributed by atoms with van der Waals surface area (Å²) in [5.41, 5.74) is 0. The monoisotopic (exact) mass is 410 g/mol. The first-order valence-electron chi connectivity index (χ1n) is 10.2. The Hall–Kier alpha value is -2.24. The molecule has 1 aliphatic carbocycles. The van der Waals surface area contributed by atoms with Crippen molar-refractivity contribution in [3.63, 3.8) is 0 Å². The van der Waals surface area contributed by atoms with E-state index in [1.807, 2.05) is 12.1 Å². The summed E-state index contributed by atoms with van der Waals surface area (Å²) in [7, 11) is -1.28. The van der Waals surface area contributed by atoms with Gasteiger partial charge in [-0.25, -0.2) is 0 Å². The average molecular weight is 411 g/mol. The lowest BCUT2D eigenvalue weighted by atomic mass is 9.78. The van der Waals surface area contributed by atoms with E-state index in [0.717, 1.165) is 0 Å². The lowest BCUT2D eigenvalue weighted by Gasteiger charge is -2.48. The third kappa shape index (κ3) is 4.36. The molecule has 1 saturated carbocycles. The molecule has 0 saturated heterocycles. The van der Waals surface area contributed by atoms with Crippen molar-refractivity contribution >= 4 is 30.4 Å². The molecule has 0 atom stereocenters. The maximum atomic E-state index is 12.3. The van der Waals surface area contributed by atoms with Gasteiger partial charge in [-0.2, -0.15) is 0 Å². The van der Waals surface area contributed by atoms with Crippen LogP contribution in [0.25, 0.3) is 0 Å². The molecule has 0 aromatic heterocycles. The highest BCUT2D eigenvalue weighted by Crippen LogP contribution is 2.41. The van der Waals surface area contributed by atoms with Gasteiger partial charge < -0.3 is 9.16 Å². The highest BCUT2D eigenvalue weighted by Gasteiger charge is 2.53. The highest BCUT2D eigenvalue weighted by atomic mass is 28.4. The molecule has 0 amide bonds. The minimum Gasteiger partial charge on any atom is -0.469 e. The zero-order valence-corrected chi connectivity index (χ0v) is 18.7. The number of rotatable bonds is 7. The molecule has 0 spiro atoms. The summed E-state index contributed by atoms with van der Waals surface area (Å²) in [5, 5.41) is 2.39. The molecule has 0 unspecified atom stereocenters. The molecule has 5 heteroatoms. The standard InChI is InChI=1S/C24H30O4Si/c1-24(2,3)29(20-11-7-5-8-12-20,21-13-9-6-10-14-21)28-19-15-18(16-19)22(25)17-23(26)27-4/h5-14,18-19H,15-17H2,1-4H3. The number of ether oxygens (including phenoxy) is 1. The minimum atomic E-state index is -2.59. The number of methoxy groups -OCH3 is 1. The van der Waals surface area contributed by atoms with Crippen LogP contribution in [0, 0.1) is 5.92 Å². The van der Waals surface area contributed by atoms with E-state index in [0.29, 0.717) is 12.8 Å². The molecule has 0 N–H and O–H groups in total. The van der Waals surface area contributed by atoms with Crippen molar-refractivity contribution in [1.82, 2.24) is 0 Å². The average Bonchev–Trinajstić information content (AvgIpc) is 2.67. The fourth-order valence-corrected chi connectivity index (χ4v) is 8.93. The molecule has 0 aliphatic heterocycles. The minimum absolute atomic E-state index is 0.0212. The van der Waals surface area contributed by atoms with Crippen LogP contribution in [0.4, 0.5) is 0 Å². The summed E-state index contributed by atoms with van der Waals surface area (Å²) >= 11 is 0. The fraction of sp³-hybridized carbons (Fsp3) is 0.417. The van der Waals surface area contributed by atoms with Crippen LogP contribution >= 0.6 is 0 Å². The zero-order chi connectivity index (χ0) is 21.1. The normalized spacial score (nSPS) is 19.3. The number of hydrogen-bond donors (Lipinski definition) is 0. The molecule has 1 fully saturated rings. The summed E-state index contributed by atoms with van der Waals surface area (Å²) < 4.78 is 11.6. The van der Waals surface area contributed by atoms with Crippen LogP contribution < -0.4 is 10.4 Å². The predicted molar refractivity (Wildman–Crippen MR) is 117 cm³/mol. The number of carbonyl (C=O) groups excluding carboxylic acids is 2. The molecular formula is C24H30O4Si. The Morgan fingerprint density at radius 1 is 0.931 bits per heavy atom. The largest absolute Gasteiger partial charge is 0.469 e. The van der Waals surface area contributed by atoms with Crippen LogP contribution in [-0.4, -0.2) is 33.3 Å². The van der Waals surface area contributed by atoms with Crippen LogP contribution in [0.2, 0.25) is 5.04 Å². The Balaban J connectivity index is 1.88. The van der Waals surface area contributed by atoms with Gasteiger partial charge in [-0.1, -0.05) is 81.4 Å². The van der Waals surface area contributed by atoms with Gasteiger partial charge in [0.15, 0.2) is 0 Å². The van der Waals surface area contributed by atoms with Crippen LogP contribution in [0.3, 0.4) is 0 Å². The summed E-state index contributed by atoms with van der Waals surface area (Å²) in [5.74, 6) is -0.622. The highest BCUT2D eigenvalue weighted by molar-refractivity contribution is 6.99. The van der Waals surface area contributed by atoms with Crippen molar-refractivity contribution < 1.29 is 18.8 Å². The van der Waals surface area contributed by atoms with E-state index < -0.39 is 14.3 Å². The van der Waals surface area contributed by atoms with Gasteiger partial charge in [-0.05, 0) is 28.3 Å². The van der Waals surface area contributed by atoms with Gasteiger partial charge in [0, 0.05) is 12.0 Å². The third-order valence-electron chi connectivity index (χ3n) is 5.86. The SMILES string of the molecule is COC(=O)CC(=O)C1CC(O[Si](c2ccccc2)(c2ccccc2)C(C)(C)C)C1. The predicted octanol–water partition coefficient (Wildman–Crippen LogP) is 3.47. The van der Waals surface area contributed by atoms with E-state index in [1.54, 1.807) is 0 Å². The topological polar surface area (TPSA) is 52.6 Å². The second-order valence-corrected chi connectivity index (χ2v) is 13.0. The van der Waals surface area contributed by atoms with Crippen molar-refractivity contribution in [2.75, 3.05) is 7.11 Å². The lowest BCUT2D eigenvalue weighted by molar-refractivity contribution is -0.145. The quantitative estimate of drug-likeness (QED) is 0.398. The summed E-state index contributed by atoms with van der Waals surface area (Å²) in [4.78, 5) is 23.7. The lowest BCUT2D eigenvalue weighted by Crippen LogP contribution is -2.68. The first-order valence-corrected chi connectivity index (χ1v) is 12.1. The van der Waals surface area contributed by atoms with E-state index in [-0.39, 0.29) is 29.3 Å². The van der Waals surface area contributed by atoms with Crippen LogP contribution in [0.5, 0.6) is 0 Å². The van der Waals surface area contributed by atoms with Crippen LogP contribution in [0.1, 0.15) is 40.0 Å². The van der Waals surface area contributed by atoms with E-state index in [4.69, 9.17) is 4.43 Å². The van der Waals surface area contributed by atoms with Gasteiger partial charge in [0.25, 0.3) is 8.32 Å². The number of benzene rings is 2. The molecule has 0 heterocycles. The van der Waals surface area contributed by atoms with Gasteiger partial charge in [0.2, 0.25) is 0 Å². The first kappa shape index (κ1) is 21.5. The first-order chi connectivity index (χ1) is 13.8. The van der Waals surface area contributed by atoms with Crippen molar-refractivity contribution in [3.8, 4) is 0 Å². The Morgan fingerprint density at radius 3 is 1.83 bits per heavy atom. The van der Waals surface area contributed by atoms with Crippen molar-refractivity contribution in [2.24, 2.45) is 5.92 Å². The Kier molecular flexibility index (Phi) is 6.39. The number of hydrogen-bond acceptors (Lipinski definition) is 4. The van der Waals surface area contributed by atoms with Crippen LogP contribution in [0.15, 0.2) is 60.7 Å². The molecule has 0 bridgehead atoms. The number of carbonyl (C=O) groups is 2. The Bertz CT molecular complexity index is 797. The van der Waals surface area contributed by atoms with E-state index in [1.165, 1.54) is 17.5 Å². The Morgan fingerprint density at radius 2 is 1.41 bits per heavy atom. The number of ketones is 1. The second kappa shape index (κ2) is 8.64. The van der Waals surface area contributed by atoms with Gasteiger partial charge in [0.05, 0.1) is 7.11 Å². The molecule has 29 heavy (non-hydrogen) atoms. The molecule has 1 aliphatic rings. The van der Waals surface area contributed by atoms with Gasteiger partial charge in [-0.3, -0.25) is 9.59 Å². The summed E-state index contributed by atoms with van der Waals surface area (Å²) in [6.07, 6.45) is 1.21. The van der Waals surface area contributed by atoms with E-state index in [9.17, 15) is 9.59 Å². The Labute approximate surface area is 174 Å².